The summed E-state index contributed by atoms with van der Waals surface area (Å²) >= 11 is 0. The lowest BCUT2D eigenvalue weighted by Gasteiger charge is -2.42. The van der Waals surface area contributed by atoms with E-state index in [0.29, 0.717) is 0 Å². The minimum atomic E-state index is -0.272. The van der Waals surface area contributed by atoms with E-state index in [9.17, 15) is 4.79 Å². The number of ketones is 1. The predicted octanol–water partition coefficient (Wildman–Crippen LogP) is 2.73. The minimum Gasteiger partial charge on any atom is -0.370 e. The van der Waals surface area contributed by atoms with Crippen LogP contribution in [0.25, 0.3) is 0 Å². The highest BCUT2D eigenvalue weighted by Crippen LogP contribution is 2.63. The van der Waals surface area contributed by atoms with Crippen LogP contribution in [-0.4, -0.2) is 18.0 Å². The molecule has 1 aliphatic carbocycles. The Morgan fingerprint density at radius 1 is 1.15 bits per heavy atom. The van der Waals surface area contributed by atoms with Gasteiger partial charge in [-0.3, -0.25) is 4.79 Å². The third kappa shape index (κ3) is 1.17. The summed E-state index contributed by atoms with van der Waals surface area (Å²) in [4.78, 5) is 12.4. The molecule has 2 bridgehead atoms. The molecule has 1 spiro atoms. The van der Waals surface area contributed by atoms with Crippen LogP contribution in [0.4, 0.5) is 0 Å². The van der Waals surface area contributed by atoms with Gasteiger partial charge in [0.15, 0.2) is 5.78 Å². The van der Waals surface area contributed by atoms with Gasteiger partial charge in [0, 0.05) is 12.5 Å². The largest absolute Gasteiger partial charge is 0.370 e. The van der Waals surface area contributed by atoms with E-state index in [1.54, 1.807) is 6.08 Å². The average Bonchev–Trinajstić information content (AvgIpc) is 3.18. The molecular weight excluding hydrogens is 252 g/mol. The SMILES string of the molecule is O=C1C=C[C@]2(CCCO2)[C@@H]2[C@H]1[C@H]1O[C@H]2c2ccccc21. The summed E-state index contributed by atoms with van der Waals surface area (Å²) in [6, 6.07) is 8.33. The fourth-order valence-electron chi connectivity index (χ4n) is 4.68. The molecule has 0 unspecified atom stereocenters. The Kier molecular flexibility index (Phi) is 2.02. The van der Waals surface area contributed by atoms with Gasteiger partial charge < -0.3 is 9.47 Å². The third-order valence-corrected chi connectivity index (χ3v) is 5.45. The fraction of sp³-hybridized carbons (Fsp3) is 0.471. The predicted molar refractivity (Wildman–Crippen MR) is 72.1 cm³/mol. The molecular formula is C17H16O3. The highest BCUT2D eigenvalue weighted by Gasteiger charge is 2.63. The molecule has 0 radical (unpaired) electrons. The van der Waals surface area contributed by atoms with Gasteiger partial charge in [-0.2, -0.15) is 0 Å². The summed E-state index contributed by atoms with van der Waals surface area (Å²) in [5.41, 5.74) is 2.19. The van der Waals surface area contributed by atoms with Gasteiger partial charge in [-0.15, -0.1) is 0 Å². The van der Waals surface area contributed by atoms with Gasteiger partial charge in [0.1, 0.15) is 0 Å². The average molecular weight is 268 g/mol. The van der Waals surface area contributed by atoms with Gasteiger partial charge in [-0.1, -0.05) is 24.3 Å². The maximum absolute atomic E-state index is 12.4. The lowest BCUT2D eigenvalue weighted by Crippen LogP contribution is -2.47. The van der Waals surface area contributed by atoms with E-state index in [1.165, 1.54) is 11.1 Å². The number of carbonyl (C=O) groups is 1. The first-order valence-corrected chi connectivity index (χ1v) is 7.41. The van der Waals surface area contributed by atoms with Crippen molar-refractivity contribution in [3.63, 3.8) is 0 Å². The maximum atomic E-state index is 12.4. The van der Waals surface area contributed by atoms with E-state index in [4.69, 9.17) is 9.47 Å². The van der Waals surface area contributed by atoms with E-state index < -0.39 is 0 Å². The topological polar surface area (TPSA) is 35.5 Å². The fourth-order valence-corrected chi connectivity index (χ4v) is 4.68. The first kappa shape index (κ1) is 11.2. The molecule has 0 amide bonds. The number of hydrogen-bond donors (Lipinski definition) is 0. The van der Waals surface area contributed by atoms with Crippen molar-refractivity contribution in [2.45, 2.75) is 30.7 Å². The van der Waals surface area contributed by atoms with Gasteiger partial charge in [0.25, 0.3) is 0 Å². The van der Waals surface area contributed by atoms with E-state index in [0.717, 1.165) is 19.4 Å². The standard InChI is InChI=1S/C17H16O3/c18-12-6-8-17(7-3-9-19-17)14-13(12)15-10-4-1-2-5-11(10)16(14)20-15/h1-2,4-6,8,13-16H,3,7,9H2/t13-,14+,15-,16-,17+/m0/s1. The lowest BCUT2D eigenvalue weighted by atomic mass is 9.63. The van der Waals surface area contributed by atoms with Crippen LogP contribution in [0.3, 0.4) is 0 Å². The number of ether oxygens (including phenoxy) is 2. The Bertz CT molecular complexity index is 627. The molecule has 1 aromatic rings. The van der Waals surface area contributed by atoms with Gasteiger partial charge in [0.05, 0.1) is 23.7 Å². The summed E-state index contributed by atoms with van der Waals surface area (Å²) < 4.78 is 12.3. The highest BCUT2D eigenvalue weighted by molar-refractivity contribution is 5.94. The summed E-state index contributed by atoms with van der Waals surface area (Å²) in [6.07, 6.45) is 5.77. The van der Waals surface area contributed by atoms with Gasteiger partial charge in [-0.25, -0.2) is 0 Å². The number of fused-ring (bicyclic) bond motifs is 9. The van der Waals surface area contributed by atoms with Crippen molar-refractivity contribution in [2.24, 2.45) is 11.8 Å². The summed E-state index contributed by atoms with van der Waals surface area (Å²) in [5, 5.41) is 0. The minimum absolute atomic E-state index is 0.0215. The van der Waals surface area contributed by atoms with E-state index in [-0.39, 0.29) is 35.4 Å². The van der Waals surface area contributed by atoms with Crippen LogP contribution in [0.15, 0.2) is 36.4 Å². The molecule has 20 heavy (non-hydrogen) atoms. The second kappa shape index (κ2) is 3.60. The van der Waals surface area contributed by atoms with E-state index >= 15 is 0 Å². The zero-order chi connectivity index (χ0) is 13.3. The number of benzene rings is 1. The summed E-state index contributed by atoms with van der Waals surface area (Å²) in [5.74, 6) is 0.304. The van der Waals surface area contributed by atoms with Crippen LogP contribution in [-0.2, 0) is 14.3 Å². The first-order valence-electron chi connectivity index (χ1n) is 7.41. The number of hydrogen-bond acceptors (Lipinski definition) is 3. The Labute approximate surface area is 117 Å². The molecule has 5 atom stereocenters. The molecule has 0 saturated carbocycles. The maximum Gasteiger partial charge on any atom is 0.162 e. The molecule has 102 valence electrons. The van der Waals surface area contributed by atoms with Gasteiger partial charge in [0.2, 0.25) is 0 Å². The molecule has 5 rings (SSSR count). The Morgan fingerprint density at radius 2 is 1.95 bits per heavy atom. The first-order chi connectivity index (χ1) is 9.80. The van der Waals surface area contributed by atoms with Crippen LogP contribution in [0.5, 0.6) is 0 Å². The van der Waals surface area contributed by atoms with Crippen LogP contribution >= 0.6 is 0 Å². The molecule has 1 aromatic carbocycles. The smallest absolute Gasteiger partial charge is 0.162 e. The highest BCUT2D eigenvalue weighted by atomic mass is 16.5. The van der Waals surface area contributed by atoms with E-state index in [2.05, 4.69) is 18.2 Å². The van der Waals surface area contributed by atoms with Crippen LogP contribution in [0.2, 0.25) is 0 Å². The zero-order valence-electron chi connectivity index (χ0n) is 11.1. The molecule has 4 aliphatic rings. The van der Waals surface area contributed by atoms with Crippen molar-refractivity contribution in [3.05, 3.63) is 47.5 Å². The molecule has 3 heteroatoms. The van der Waals surface area contributed by atoms with Crippen molar-refractivity contribution in [2.75, 3.05) is 6.61 Å². The van der Waals surface area contributed by atoms with E-state index in [1.807, 2.05) is 12.1 Å². The molecule has 3 heterocycles. The zero-order valence-corrected chi connectivity index (χ0v) is 11.1. The Morgan fingerprint density at radius 3 is 2.70 bits per heavy atom. The van der Waals surface area contributed by atoms with Gasteiger partial charge in [-0.05, 0) is 36.1 Å². The monoisotopic (exact) mass is 268 g/mol. The number of carbonyl (C=O) groups excluding carboxylic acids is 1. The van der Waals surface area contributed by atoms with Crippen LogP contribution < -0.4 is 0 Å². The lowest BCUT2D eigenvalue weighted by molar-refractivity contribution is -0.126. The van der Waals surface area contributed by atoms with Gasteiger partial charge >= 0.3 is 0 Å². The molecule has 0 aromatic heterocycles. The molecule has 2 fully saturated rings. The second-order valence-corrected chi connectivity index (χ2v) is 6.30. The van der Waals surface area contributed by atoms with Crippen LogP contribution in [0, 0.1) is 11.8 Å². The van der Waals surface area contributed by atoms with Crippen molar-refractivity contribution >= 4 is 5.78 Å². The van der Waals surface area contributed by atoms with Crippen molar-refractivity contribution < 1.29 is 14.3 Å². The molecule has 3 nitrogen and oxygen atoms in total. The summed E-state index contributed by atoms with van der Waals surface area (Å²) in [7, 11) is 0. The Hall–Kier alpha value is -1.45. The Balaban J connectivity index is 1.70. The number of rotatable bonds is 0. The quantitative estimate of drug-likeness (QED) is 0.725. The second-order valence-electron chi connectivity index (χ2n) is 6.30. The summed E-state index contributed by atoms with van der Waals surface area (Å²) in [6.45, 7) is 0.792. The third-order valence-electron chi connectivity index (χ3n) is 5.45. The van der Waals surface area contributed by atoms with Crippen molar-refractivity contribution in [1.82, 2.24) is 0 Å². The molecule has 0 N–H and O–H groups in total. The molecule has 3 aliphatic heterocycles. The molecule has 2 saturated heterocycles. The van der Waals surface area contributed by atoms with Crippen molar-refractivity contribution in [1.29, 1.82) is 0 Å². The van der Waals surface area contributed by atoms with Crippen molar-refractivity contribution in [3.8, 4) is 0 Å². The number of allylic oxidation sites excluding steroid dienone is 1. The normalized spacial score (nSPS) is 44.1. The van der Waals surface area contributed by atoms with Crippen LogP contribution in [0.1, 0.15) is 36.2 Å².